The predicted molar refractivity (Wildman–Crippen MR) is 123 cm³/mol. The average molecular weight is 438 g/mol. The third-order valence-corrected chi connectivity index (χ3v) is 5.93. The zero-order valence-electron chi connectivity index (χ0n) is 15.5. The maximum atomic E-state index is 4.73. The van der Waals surface area contributed by atoms with Crippen molar-refractivity contribution in [3.63, 3.8) is 0 Å². The van der Waals surface area contributed by atoms with Crippen LogP contribution in [0.4, 0.5) is 0 Å². The van der Waals surface area contributed by atoms with Crippen molar-refractivity contribution in [1.29, 1.82) is 0 Å². The van der Waals surface area contributed by atoms with Gasteiger partial charge in [-0.1, -0.05) is 64.5 Å². The molecule has 3 nitrogen and oxygen atoms in total. The smallest absolute Gasteiger partial charge is 0.0987 e. The van der Waals surface area contributed by atoms with Crippen LogP contribution < -0.4 is 0 Å². The molecular formula is C25H16BrN3. The van der Waals surface area contributed by atoms with E-state index >= 15 is 0 Å². The number of benzene rings is 4. The number of hydrogen-bond donors (Lipinski definition) is 0. The summed E-state index contributed by atoms with van der Waals surface area (Å²) in [6, 6.07) is 31.7. The summed E-state index contributed by atoms with van der Waals surface area (Å²) in [5.74, 6) is 0. The summed E-state index contributed by atoms with van der Waals surface area (Å²) in [6.07, 6.45) is 1.95. The van der Waals surface area contributed by atoms with Crippen LogP contribution in [0.2, 0.25) is 0 Å². The highest BCUT2D eigenvalue weighted by Crippen LogP contribution is 2.38. The molecule has 29 heavy (non-hydrogen) atoms. The van der Waals surface area contributed by atoms with Gasteiger partial charge in [-0.2, -0.15) is 5.10 Å². The summed E-state index contributed by atoms with van der Waals surface area (Å²) in [4.78, 5) is 0. The number of halogens is 1. The molecule has 0 bridgehead atoms. The second kappa shape index (κ2) is 6.33. The Morgan fingerprint density at radius 1 is 0.655 bits per heavy atom. The molecule has 0 saturated heterocycles. The largest absolute Gasteiger partial charge is 0.307 e. The summed E-state index contributed by atoms with van der Waals surface area (Å²) in [5.41, 5.74) is 5.67. The third kappa shape index (κ3) is 2.46. The van der Waals surface area contributed by atoms with E-state index in [0.717, 1.165) is 26.8 Å². The van der Waals surface area contributed by atoms with Crippen LogP contribution in [-0.4, -0.2) is 14.3 Å². The normalized spacial score (nSPS) is 11.6. The first-order valence-electron chi connectivity index (χ1n) is 9.52. The van der Waals surface area contributed by atoms with Crippen molar-refractivity contribution in [2.75, 3.05) is 0 Å². The Bertz CT molecular complexity index is 1500. The van der Waals surface area contributed by atoms with Crippen LogP contribution in [0.15, 0.2) is 102 Å². The monoisotopic (exact) mass is 437 g/mol. The van der Waals surface area contributed by atoms with Crippen molar-refractivity contribution in [1.82, 2.24) is 14.3 Å². The van der Waals surface area contributed by atoms with Crippen LogP contribution in [0.1, 0.15) is 0 Å². The Kier molecular flexibility index (Phi) is 3.61. The fraction of sp³-hybridized carbons (Fsp3) is 0. The van der Waals surface area contributed by atoms with Crippen LogP contribution >= 0.6 is 15.9 Å². The van der Waals surface area contributed by atoms with Crippen molar-refractivity contribution >= 4 is 48.6 Å². The van der Waals surface area contributed by atoms with Gasteiger partial charge in [0, 0.05) is 26.3 Å². The van der Waals surface area contributed by atoms with Gasteiger partial charge in [0.25, 0.3) is 0 Å². The minimum Gasteiger partial charge on any atom is -0.307 e. The first-order chi connectivity index (χ1) is 14.3. The van der Waals surface area contributed by atoms with Crippen LogP contribution in [0, 0.1) is 0 Å². The Labute approximate surface area is 175 Å². The molecule has 4 aromatic carbocycles. The molecule has 0 unspecified atom stereocenters. The minimum atomic E-state index is 1.06. The van der Waals surface area contributed by atoms with Gasteiger partial charge in [0.15, 0.2) is 0 Å². The Morgan fingerprint density at radius 2 is 1.38 bits per heavy atom. The van der Waals surface area contributed by atoms with Crippen molar-refractivity contribution < 1.29 is 0 Å². The molecule has 4 heteroatoms. The predicted octanol–water partition coefficient (Wildman–Crippen LogP) is 6.89. The maximum absolute atomic E-state index is 4.73. The summed E-state index contributed by atoms with van der Waals surface area (Å²) in [7, 11) is 0. The molecule has 0 saturated carbocycles. The fourth-order valence-corrected chi connectivity index (χ4v) is 4.55. The van der Waals surface area contributed by atoms with Crippen LogP contribution in [0.5, 0.6) is 0 Å². The lowest BCUT2D eigenvalue weighted by Crippen LogP contribution is -1.99. The number of rotatable bonds is 2. The second-order valence-electron chi connectivity index (χ2n) is 7.12. The molecule has 0 atom stereocenters. The standard InChI is InChI=1S/C25H16BrN3/c26-18-12-14-23-22(15-18)21-13-11-17-16-27-29(20-9-5-2-6-10-20)24(17)25(21)28(23)19-7-3-1-4-8-19/h1-16H. The van der Waals surface area contributed by atoms with E-state index < -0.39 is 0 Å². The summed E-state index contributed by atoms with van der Waals surface area (Å²) < 4.78 is 5.47. The number of fused-ring (bicyclic) bond motifs is 5. The van der Waals surface area contributed by atoms with Gasteiger partial charge in [0.1, 0.15) is 0 Å². The van der Waals surface area contributed by atoms with Crippen molar-refractivity contribution in [3.8, 4) is 11.4 Å². The summed E-state index contributed by atoms with van der Waals surface area (Å²) >= 11 is 3.65. The van der Waals surface area contributed by atoms with E-state index in [1.54, 1.807) is 0 Å². The van der Waals surface area contributed by atoms with Gasteiger partial charge in [-0.25, -0.2) is 4.68 Å². The molecule has 2 heterocycles. The van der Waals surface area contributed by atoms with Gasteiger partial charge in [0.2, 0.25) is 0 Å². The van der Waals surface area contributed by atoms with Gasteiger partial charge in [-0.3, -0.25) is 0 Å². The molecular weight excluding hydrogens is 422 g/mol. The highest BCUT2D eigenvalue weighted by Gasteiger charge is 2.18. The molecule has 0 fully saturated rings. The molecule has 0 radical (unpaired) electrons. The first kappa shape index (κ1) is 16.6. The minimum absolute atomic E-state index is 1.06. The molecule has 6 aromatic rings. The van der Waals surface area contributed by atoms with Crippen molar-refractivity contribution in [3.05, 3.63) is 102 Å². The lowest BCUT2D eigenvalue weighted by atomic mass is 10.1. The quantitative estimate of drug-likeness (QED) is 0.289. The lowest BCUT2D eigenvalue weighted by Gasteiger charge is -2.10. The van der Waals surface area contributed by atoms with Gasteiger partial charge in [0.05, 0.1) is 28.4 Å². The van der Waals surface area contributed by atoms with E-state index in [9.17, 15) is 0 Å². The van der Waals surface area contributed by atoms with E-state index in [0.29, 0.717) is 0 Å². The average Bonchev–Trinajstić information content (AvgIpc) is 3.34. The van der Waals surface area contributed by atoms with Crippen LogP contribution in [0.3, 0.4) is 0 Å². The zero-order valence-corrected chi connectivity index (χ0v) is 17.0. The topological polar surface area (TPSA) is 22.8 Å². The van der Waals surface area contributed by atoms with Gasteiger partial charge in [-0.15, -0.1) is 0 Å². The molecule has 0 amide bonds. The van der Waals surface area contributed by atoms with Gasteiger partial charge >= 0.3 is 0 Å². The second-order valence-corrected chi connectivity index (χ2v) is 8.04. The zero-order chi connectivity index (χ0) is 19.4. The van der Waals surface area contributed by atoms with Gasteiger partial charge < -0.3 is 4.57 Å². The first-order valence-corrected chi connectivity index (χ1v) is 10.3. The van der Waals surface area contributed by atoms with E-state index in [2.05, 4.69) is 93.3 Å². The van der Waals surface area contributed by atoms with Gasteiger partial charge in [-0.05, 0) is 42.5 Å². The van der Waals surface area contributed by atoms with E-state index in [4.69, 9.17) is 5.10 Å². The molecule has 138 valence electrons. The Morgan fingerprint density at radius 3 is 2.14 bits per heavy atom. The van der Waals surface area contributed by atoms with Crippen LogP contribution in [-0.2, 0) is 0 Å². The van der Waals surface area contributed by atoms with E-state index in [1.165, 1.54) is 21.8 Å². The van der Waals surface area contributed by atoms with E-state index in [1.807, 2.05) is 29.1 Å². The van der Waals surface area contributed by atoms with Crippen molar-refractivity contribution in [2.24, 2.45) is 0 Å². The van der Waals surface area contributed by atoms with E-state index in [-0.39, 0.29) is 0 Å². The van der Waals surface area contributed by atoms with Crippen LogP contribution in [0.25, 0.3) is 44.1 Å². The summed E-state index contributed by atoms with van der Waals surface area (Å²) in [6.45, 7) is 0. The molecule has 0 N–H and O–H groups in total. The number of aromatic nitrogens is 3. The number of hydrogen-bond acceptors (Lipinski definition) is 1. The molecule has 0 spiro atoms. The number of para-hydroxylation sites is 2. The Hall–Kier alpha value is -3.37. The summed E-state index contributed by atoms with van der Waals surface area (Å²) in [5, 5.41) is 8.30. The molecule has 2 aromatic heterocycles. The Balaban J connectivity index is 1.86. The highest BCUT2D eigenvalue weighted by atomic mass is 79.9. The molecule has 0 aliphatic heterocycles. The maximum Gasteiger partial charge on any atom is 0.0987 e. The molecule has 0 aliphatic rings. The fourth-order valence-electron chi connectivity index (χ4n) is 4.19. The lowest BCUT2D eigenvalue weighted by molar-refractivity contribution is 0.911. The highest BCUT2D eigenvalue weighted by molar-refractivity contribution is 9.10. The number of nitrogens with zero attached hydrogens (tertiary/aromatic N) is 3. The molecule has 6 rings (SSSR count). The third-order valence-electron chi connectivity index (χ3n) is 5.43. The molecule has 0 aliphatic carbocycles. The SMILES string of the molecule is Brc1ccc2c(c1)c1ccc3cnn(-c4ccccc4)c3c1n2-c1ccccc1. The van der Waals surface area contributed by atoms with Crippen molar-refractivity contribution in [2.45, 2.75) is 0 Å².